The summed E-state index contributed by atoms with van der Waals surface area (Å²) in [5.74, 6) is 0.873. The minimum Gasteiger partial charge on any atom is -0.394 e. The van der Waals surface area contributed by atoms with Gasteiger partial charge in [0, 0.05) is 6.54 Å². The molecule has 3 N–H and O–H groups in total. The molecule has 0 saturated heterocycles. The van der Waals surface area contributed by atoms with Crippen molar-refractivity contribution < 1.29 is 5.11 Å². The zero-order valence-corrected chi connectivity index (χ0v) is 10.5. The van der Waals surface area contributed by atoms with E-state index in [9.17, 15) is 5.11 Å². The molecule has 0 aromatic carbocycles. The summed E-state index contributed by atoms with van der Waals surface area (Å²) in [4.78, 5) is 12.2. The molecule has 0 radical (unpaired) electrons. The monoisotopic (exact) mass is 257 g/mol. The fourth-order valence-corrected chi connectivity index (χ4v) is 1.59. The molecule has 1 fully saturated rings. The summed E-state index contributed by atoms with van der Waals surface area (Å²) in [6.07, 6.45) is 2.82. The van der Waals surface area contributed by atoms with Crippen LogP contribution >= 0.6 is 11.6 Å². The average Bonchev–Trinajstić information content (AvgIpc) is 3.06. The minimum absolute atomic E-state index is 0.0774. The zero-order chi connectivity index (χ0) is 12.3. The van der Waals surface area contributed by atoms with Gasteiger partial charge in [0.25, 0.3) is 0 Å². The van der Waals surface area contributed by atoms with E-state index in [0.717, 1.165) is 25.8 Å². The normalized spacial score (nSPS) is 16.6. The third-order valence-electron chi connectivity index (χ3n) is 2.67. The summed E-state index contributed by atoms with van der Waals surface area (Å²) in [7, 11) is 0. The van der Waals surface area contributed by atoms with Gasteiger partial charge in [-0.15, -0.1) is 0 Å². The van der Waals surface area contributed by atoms with Gasteiger partial charge in [-0.1, -0.05) is 6.92 Å². The van der Waals surface area contributed by atoms with Gasteiger partial charge in [-0.2, -0.15) is 15.0 Å². The van der Waals surface area contributed by atoms with Crippen LogP contribution in [0.2, 0.25) is 5.28 Å². The van der Waals surface area contributed by atoms with Crippen LogP contribution in [0.4, 0.5) is 11.9 Å². The standard InChI is InChI=1S/C10H16ClN5O/c1-2-5-12-8-13-7(11)14-9(15-8)16-10(6-17)3-4-10/h17H,2-6H2,1H3,(H2,12,13,14,15,16). The van der Waals surface area contributed by atoms with Gasteiger partial charge < -0.3 is 15.7 Å². The van der Waals surface area contributed by atoms with Gasteiger partial charge in [0.05, 0.1) is 12.1 Å². The molecule has 0 aliphatic heterocycles. The van der Waals surface area contributed by atoms with Crippen molar-refractivity contribution >= 4 is 23.5 Å². The second-order valence-electron chi connectivity index (χ2n) is 4.24. The molecule has 1 aromatic rings. The van der Waals surface area contributed by atoms with E-state index in [1.54, 1.807) is 0 Å². The van der Waals surface area contributed by atoms with E-state index in [1.165, 1.54) is 0 Å². The van der Waals surface area contributed by atoms with Crippen molar-refractivity contribution in [1.29, 1.82) is 0 Å². The maximum absolute atomic E-state index is 9.22. The van der Waals surface area contributed by atoms with E-state index in [4.69, 9.17) is 11.6 Å². The average molecular weight is 258 g/mol. The van der Waals surface area contributed by atoms with Crippen LogP contribution in [0.15, 0.2) is 0 Å². The molecule has 0 atom stereocenters. The molecule has 94 valence electrons. The van der Waals surface area contributed by atoms with Crippen LogP contribution in [0.1, 0.15) is 26.2 Å². The van der Waals surface area contributed by atoms with Crippen molar-refractivity contribution in [3.8, 4) is 0 Å². The number of anilines is 2. The zero-order valence-electron chi connectivity index (χ0n) is 9.70. The summed E-state index contributed by atoms with van der Waals surface area (Å²) < 4.78 is 0. The Labute approximate surface area is 105 Å². The first-order chi connectivity index (χ1) is 8.17. The van der Waals surface area contributed by atoms with Gasteiger partial charge in [-0.05, 0) is 30.9 Å². The summed E-state index contributed by atoms with van der Waals surface area (Å²) in [6, 6.07) is 0. The van der Waals surface area contributed by atoms with Crippen LogP contribution in [0.5, 0.6) is 0 Å². The molecule has 7 heteroatoms. The molecule has 1 heterocycles. The Balaban J connectivity index is 2.08. The number of halogens is 1. The van der Waals surface area contributed by atoms with E-state index < -0.39 is 0 Å². The quantitative estimate of drug-likeness (QED) is 0.712. The second kappa shape index (κ2) is 5.01. The Morgan fingerprint density at radius 2 is 2.00 bits per heavy atom. The predicted molar refractivity (Wildman–Crippen MR) is 66.3 cm³/mol. The third-order valence-corrected chi connectivity index (χ3v) is 2.84. The smallest absolute Gasteiger partial charge is 0.229 e. The molecule has 1 aromatic heterocycles. The van der Waals surface area contributed by atoms with Gasteiger partial charge in [-0.25, -0.2) is 0 Å². The highest BCUT2D eigenvalue weighted by atomic mass is 35.5. The topological polar surface area (TPSA) is 83.0 Å². The van der Waals surface area contributed by atoms with Crippen molar-refractivity contribution in [2.45, 2.75) is 31.7 Å². The second-order valence-corrected chi connectivity index (χ2v) is 4.58. The number of rotatable bonds is 6. The molecule has 6 nitrogen and oxygen atoms in total. The van der Waals surface area contributed by atoms with E-state index in [0.29, 0.717) is 11.9 Å². The van der Waals surface area contributed by atoms with Crippen LogP contribution in [0.25, 0.3) is 0 Å². The maximum Gasteiger partial charge on any atom is 0.229 e. The van der Waals surface area contributed by atoms with Crippen molar-refractivity contribution in [3.63, 3.8) is 0 Å². The molecule has 0 spiro atoms. The fraction of sp³-hybridized carbons (Fsp3) is 0.700. The van der Waals surface area contributed by atoms with Gasteiger partial charge in [0.2, 0.25) is 17.2 Å². The Kier molecular flexibility index (Phi) is 3.63. The highest BCUT2D eigenvalue weighted by Crippen LogP contribution is 2.37. The molecular weight excluding hydrogens is 242 g/mol. The third kappa shape index (κ3) is 3.17. The van der Waals surface area contributed by atoms with Crippen LogP contribution in [-0.4, -0.2) is 38.7 Å². The van der Waals surface area contributed by atoms with Crippen molar-refractivity contribution in [1.82, 2.24) is 15.0 Å². The SMILES string of the molecule is CCCNc1nc(Cl)nc(NC2(CO)CC2)n1. The number of aliphatic hydroxyl groups is 1. The molecular formula is C10H16ClN5O. The number of nitrogens with one attached hydrogen (secondary N) is 2. The highest BCUT2D eigenvalue weighted by Gasteiger charge is 2.42. The summed E-state index contributed by atoms with van der Waals surface area (Å²) >= 11 is 5.82. The van der Waals surface area contributed by atoms with Gasteiger partial charge >= 0.3 is 0 Å². The molecule has 0 amide bonds. The van der Waals surface area contributed by atoms with Gasteiger partial charge in [-0.3, -0.25) is 0 Å². The highest BCUT2D eigenvalue weighted by molar-refractivity contribution is 6.28. The van der Waals surface area contributed by atoms with Crippen LogP contribution in [-0.2, 0) is 0 Å². The lowest BCUT2D eigenvalue weighted by molar-refractivity contribution is 0.265. The first-order valence-corrected chi connectivity index (χ1v) is 6.10. The molecule has 1 saturated carbocycles. The largest absolute Gasteiger partial charge is 0.394 e. The number of nitrogens with zero attached hydrogens (tertiary/aromatic N) is 3. The lowest BCUT2D eigenvalue weighted by Gasteiger charge is -2.14. The molecule has 1 aliphatic carbocycles. The molecule has 2 rings (SSSR count). The molecule has 1 aliphatic rings. The van der Waals surface area contributed by atoms with Crippen LogP contribution < -0.4 is 10.6 Å². The van der Waals surface area contributed by atoms with Crippen LogP contribution in [0, 0.1) is 0 Å². The lowest BCUT2D eigenvalue weighted by atomic mass is 10.3. The minimum atomic E-state index is -0.257. The van der Waals surface area contributed by atoms with Gasteiger partial charge in [0.15, 0.2) is 0 Å². The van der Waals surface area contributed by atoms with E-state index in [1.807, 2.05) is 0 Å². The van der Waals surface area contributed by atoms with E-state index >= 15 is 0 Å². The maximum atomic E-state index is 9.22. The molecule has 17 heavy (non-hydrogen) atoms. The first kappa shape index (κ1) is 12.3. The number of hydrogen-bond donors (Lipinski definition) is 3. The van der Waals surface area contributed by atoms with E-state index in [2.05, 4.69) is 32.5 Å². The Bertz CT molecular complexity index is 396. The van der Waals surface area contributed by atoms with Crippen molar-refractivity contribution in [3.05, 3.63) is 5.28 Å². The van der Waals surface area contributed by atoms with E-state index in [-0.39, 0.29) is 17.4 Å². The Hall–Kier alpha value is -1.14. The molecule has 0 unspecified atom stereocenters. The van der Waals surface area contributed by atoms with Gasteiger partial charge in [0.1, 0.15) is 0 Å². The Morgan fingerprint density at radius 1 is 1.29 bits per heavy atom. The van der Waals surface area contributed by atoms with Crippen molar-refractivity contribution in [2.24, 2.45) is 0 Å². The first-order valence-electron chi connectivity index (χ1n) is 5.72. The predicted octanol–water partition coefficient (Wildman–Crippen LogP) is 1.28. The summed E-state index contributed by atoms with van der Waals surface area (Å²) in [5.41, 5.74) is -0.257. The summed E-state index contributed by atoms with van der Waals surface area (Å²) in [6.45, 7) is 2.92. The number of aromatic nitrogens is 3. The molecule has 0 bridgehead atoms. The number of aliphatic hydroxyl groups excluding tert-OH is 1. The van der Waals surface area contributed by atoms with Crippen molar-refractivity contribution in [2.75, 3.05) is 23.8 Å². The number of hydrogen-bond acceptors (Lipinski definition) is 6. The summed E-state index contributed by atoms with van der Waals surface area (Å²) in [5, 5.41) is 15.5. The lowest BCUT2D eigenvalue weighted by Crippen LogP contribution is -2.27. The Morgan fingerprint density at radius 3 is 2.59 bits per heavy atom. The fourth-order valence-electron chi connectivity index (χ4n) is 1.43. The van der Waals surface area contributed by atoms with Crippen LogP contribution in [0.3, 0.4) is 0 Å².